The van der Waals surface area contributed by atoms with E-state index in [4.69, 9.17) is 0 Å². The van der Waals surface area contributed by atoms with Crippen LogP contribution in [0, 0.1) is 23.2 Å². The van der Waals surface area contributed by atoms with E-state index in [9.17, 15) is 0 Å². The lowest BCUT2D eigenvalue weighted by Gasteiger charge is -2.28. The molecule has 0 radical (unpaired) electrons. The van der Waals surface area contributed by atoms with Gasteiger partial charge in [0.1, 0.15) is 0 Å². The van der Waals surface area contributed by atoms with Gasteiger partial charge in [0.25, 0.3) is 0 Å². The first-order chi connectivity index (χ1) is 6.56. The molecule has 0 heterocycles. The molecule has 0 heteroatoms. The number of rotatable bonds is 1. The average molecular weight is 190 g/mol. The number of hydrogen-bond acceptors (Lipinski definition) is 0. The first-order valence-electron chi connectivity index (χ1n) is 5.91. The summed E-state index contributed by atoms with van der Waals surface area (Å²) < 4.78 is 0. The van der Waals surface area contributed by atoms with Crippen LogP contribution in [0.2, 0.25) is 0 Å². The molecule has 78 valence electrons. The molecule has 14 heavy (non-hydrogen) atoms. The highest BCUT2D eigenvalue weighted by Gasteiger charge is 2.35. The van der Waals surface area contributed by atoms with E-state index >= 15 is 0 Å². The minimum atomic E-state index is 0.495. The van der Waals surface area contributed by atoms with Gasteiger partial charge in [-0.15, -0.1) is 0 Å². The SMILES string of the molecule is CC(C)(C)CC1CCC2C=CC=CC21. The van der Waals surface area contributed by atoms with E-state index in [-0.39, 0.29) is 0 Å². The van der Waals surface area contributed by atoms with E-state index in [1.807, 2.05) is 0 Å². The molecule has 0 aromatic rings. The van der Waals surface area contributed by atoms with Gasteiger partial charge in [-0.1, -0.05) is 45.1 Å². The quantitative estimate of drug-likeness (QED) is 0.581. The fraction of sp³-hybridized carbons (Fsp3) is 0.714. The van der Waals surface area contributed by atoms with Crippen LogP contribution in [0.3, 0.4) is 0 Å². The normalized spacial score (nSPS) is 36.1. The van der Waals surface area contributed by atoms with Crippen LogP contribution in [0.5, 0.6) is 0 Å². The molecule has 0 aromatic carbocycles. The second kappa shape index (κ2) is 3.56. The molecule has 0 saturated heterocycles. The lowest BCUT2D eigenvalue weighted by Crippen LogP contribution is -2.18. The fourth-order valence-corrected chi connectivity index (χ4v) is 3.09. The Morgan fingerprint density at radius 1 is 1.07 bits per heavy atom. The highest BCUT2D eigenvalue weighted by atomic mass is 14.4. The van der Waals surface area contributed by atoms with Crippen molar-refractivity contribution in [3.05, 3.63) is 24.3 Å². The molecule has 0 nitrogen and oxygen atoms in total. The Kier molecular flexibility index (Phi) is 2.55. The first kappa shape index (κ1) is 10.0. The van der Waals surface area contributed by atoms with Crippen LogP contribution in [-0.4, -0.2) is 0 Å². The standard InChI is InChI=1S/C14H22/c1-14(2,3)10-12-9-8-11-6-4-5-7-13(11)12/h4-7,11-13H,8-10H2,1-3H3. The summed E-state index contributed by atoms with van der Waals surface area (Å²) in [6.07, 6.45) is 13.5. The van der Waals surface area contributed by atoms with Gasteiger partial charge in [0.05, 0.1) is 0 Å². The van der Waals surface area contributed by atoms with Gasteiger partial charge >= 0.3 is 0 Å². The third-order valence-corrected chi connectivity index (χ3v) is 3.59. The van der Waals surface area contributed by atoms with E-state index in [1.165, 1.54) is 19.3 Å². The van der Waals surface area contributed by atoms with Crippen LogP contribution in [-0.2, 0) is 0 Å². The molecule has 0 aromatic heterocycles. The van der Waals surface area contributed by atoms with Crippen LogP contribution >= 0.6 is 0 Å². The highest BCUT2D eigenvalue weighted by molar-refractivity contribution is 5.17. The van der Waals surface area contributed by atoms with Crippen molar-refractivity contribution >= 4 is 0 Å². The Balaban J connectivity index is 2.02. The molecule has 0 N–H and O–H groups in total. The minimum Gasteiger partial charge on any atom is -0.0808 e. The van der Waals surface area contributed by atoms with Gasteiger partial charge in [0.2, 0.25) is 0 Å². The Morgan fingerprint density at radius 3 is 2.50 bits per heavy atom. The number of hydrogen-bond donors (Lipinski definition) is 0. The third-order valence-electron chi connectivity index (χ3n) is 3.59. The summed E-state index contributed by atoms with van der Waals surface area (Å²) >= 11 is 0. The van der Waals surface area contributed by atoms with Crippen molar-refractivity contribution in [1.82, 2.24) is 0 Å². The summed E-state index contributed by atoms with van der Waals surface area (Å²) in [4.78, 5) is 0. The van der Waals surface area contributed by atoms with Gasteiger partial charge in [0, 0.05) is 0 Å². The van der Waals surface area contributed by atoms with E-state index in [2.05, 4.69) is 45.1 Å². The Labute approximate surface area is 88.1 Å². The van der Waals surface area contributed by atoms with Crippen molar-refractivity contribution in [2.24, 2.45) is 23.2 Å². The zero-order chi connectivity index (χ0) is 10.2. The van der Waals surface area contributed by atoms with Gasteiger partial charge < -0.3 is 0 Å². The lowest BCUT2D eigenvalue weighted by molar-refractivity contribution is 0.262. The van der Waals surface area contributed by atoms with E-state index in [0.717, 1.165) is 17.8 Å². The van der Waals surface area contributed by atoms with Crippen molar-refractivity contribution in [3.63, 3.8) is 0 Å². The molecular formula is C14H22. The molecule has 3 unspecified atom stereocenters. The van der Waals surface area contributed by atoms with E-state index < -0.39 is 0 Å². The smallest absolute Gasteiger partial charge is 0.0139 e. The third kappa shape index (κ3) is 2.10. The molecular weight excluding hydrogens is 168 g/mol. The first-order valence-corrected chi connectivity index (χ1v) is 5.91. The number of allylic oxidation sites excluding steroid dienone is 4. The molecule has 3 atom stereocenters. The largest absolute Gasteiger partial charge is 0.0808 e. The molecule has 0 amide bonds. The molecule has 0 bridgehead atoms. The zero-order valence-corrected chi connectivity index (χ0v) is 9.66. The van der Waals surface area contributed by atoms with Crippen molar-refractivity contribution in [2.75, 3.05) is 0 Å². The van der Waals surface area contributed by atoms with Gasteiger partial charge in [-0.25, -0.2) is 0 Å². The average Bonchev–Trinajstić information content (AvgIpc) is 2.47. The zero-order valence-electron chi connectivity index (χ0n) is 9.66. The van der Waals surface area contributed by atoms with Crippen LogP contribution in [0.15, 0.2) is 24.3 Å². The molecule has 0 aliphatic heterocycles. The highest BCUT2D eigenvalue weighted by Crippen LogP contribution is 2.45. The topological polar surface area (TPSA) is 0 Å². The Morgan fingerprint density at radius 2 is 1.79 bits per heavy atom. The van der Waals surface area contributed by atoms with E-state index in [1.54, 1.807) is 0 Å². The molecule has 1 saturated carbocycles. The summed E-state index contributed by atoms with van der Waals surface area (Å²) in [6.45, 7) is 7.09. The summed E-state index contributed by atoms with van der Waals surface area (Å²) in [6, 6.07) is 0. The minimum absolute atomic E-state index is 0.495. The van der Waals surface area contributed by atoms with Gasteiger partial charge in [-0.3, -0.25) is 0 Å². The Hall–Kier alpha value is -0.520. The van der Waals surface area contributed by atoms with Crippen molar-refractivity contribution < 1.29 is 0 Å². The second-order valence-corrected chi connectivity index (χ2v) is 6.11. The van der Waals surface area contributed by atoms with Crippen molar-refractivity contribution in [1.29, 1.82) is 0 Å². The van der Waals surface area contributed by atoms with Crippen LogP contribution in [0.25, 0.3) is 0 Å². The summed E-state index contributed by atoms with van der Waals surface area (Å²) in [5.41, 5.74) is 0.495. The summed E-state index contributed by atoms with van der Waals surface area (Å²) in [5.74, 6) is 2.63. The maximum absolute atomic E-state index is 2.44. The Bertz CT molecular complexity index is 252. The summed E-state index contributed by atoms with van der Waals surface area (Å²) in [7, 11) is 0. The molecule has 2 aliphatic rings. The van der Waals surface area contributed by atoms with Crippen LogP contribution < -0.4 is 0 Å². The van der Waals surface area contributed by atoms with Crippen molar-refractivity contribution in [2.45, 2.75) is 40.0 Å². The summed E-state index contributed by atoms with van der Waals surface area (Å²) in [5, 5.41) is 0. The maximum Gasteiger partial charge on any atom is -0.0139 e. The van der Waals surface area contributed by atoms with Crippen molar-refractivity contribution in [3.8, 4) is 0 Å². The van der Waals surface area contributed by atoms with Crippen LogP contribution in [0.1, 0.15) is 40.0 Å². The van der Waals surface area contributed by atoms with Gasteiger partial charge in [-0.2, -0.15) is 0 Å². The van der Waals surface area contributed by atoms with Gasteiger partial charge in [0.15, 0.2) is 0 Å². The van der Waals surface area contributed by atoms with E-state index in [0.29, 0.717) is 5.41 Å². The molecule has 2 aliphatic carbocycles. The number of fused-ring (bicyclic) bond motifs is 1. The predicted molar refractivity (Wildman–Crippen MR) is 62.1 cm³/mol. The monoisotopic (exact) mass is 190 g/mol. The molecule has 0 spiro atoms. The fourth-order valence-electron chi connectivity index (χ4n) is 3.09. The molecule has 1 fully saturated rings. The molecule has 2 rings (SSSR count). The van der Waals surface area contributed by atoms with Crippen LogP contribution in [0.4, 0.5) is 0 Å². The van der Waals surface area contributed by atoms with Gasteiger partial charge in [-0.05, 0) is 42.4 Å². The second-order valence-electron chi connectivity index (χ2n) is 6.11. The lowest BCUT2D eigenvalue weighted by atomic mass is 9.77. The predicted octanol–water partition coefficient (Wildman–Crippen LogP) is 4.19. The maximum atomic E-state index is 2.44.